The van der Waals surface area contributed by atoms with Crippen LogP contribution in [-0.4, -0.2) is 23.5 Å². The molecular weight excluding hydrogens is 302 g/mol. The molecule has 4 heteroatoms. The van der Waals surface area contributed by atoms with Crippen LogP contribution in [0.15, 0.2) is 24.3 Å². The summed E-state index contributed by atoms with van der Waals surface area (Å²) in [5.41, 5.74) is 2.41. The molecule has 0 atom stereocenters. The molecule has 1 N–H and O–H groups in total. The number of carboxylic acids is 1. The minimum absolute atomic E-state index is 0.334. The lowest BCUT2D eigenvalue weighted by molar-refractivity contribution is -0.148. The van der Waals surface area contributed by atoms with E-state index in [1.54, 1.807) is 6.92 Å². The number of aliphatic carboxylic acids is 1. The number of anilines is 1. The van der Waals surface area contributed by atoms with Gasteiger partial charge in [-0.05, 0) is 86.3 Å². The van der Waals surface area contributed by atoms with Crippen LogP contribution in [0, 0.1) is 17.8 Å². The Morgan fingerprint density at radius 1 is 1.04 bits per heavy atom. The van der Waals surface area contributed by atoms with Gasteiger partial charge in [0.15, 0.2) is 0 Å². The molecule has 24 heavy (non-hydrogen) atoms. The van der Waals surface area contributed by atoms with Crippen molar-refractivity contribution >= 4 is 17.6 Å². The number of amides is 1. The summed E-state index contributed by atoms with van der Waals surface area (Å²) in [6.45, 7) is 2.16. The standard InChI is InChI=1S/C20H25NO3/c1-2-21(18(22)19(23)24)17-5-3-16(4-6-17)20-10-13-7-14(11-20)9-15(8-13)12-20/h3-6,13-15H,2,7-12H2,1H3,(H,23,24). The number of benzene rings is 1. The van der Waals surface area contributed by atoms with E-state index in [1.165, 1.54) is 49.0 Å². The molecule has 0 heterocycles. The summed E-state index contributed by atoms with van der Waals surface area (Å²) in [7, 11) is 0. The summed E-state index contributed by atoms with van der Waals surface area (Å²) in [4.78, 5) is 24.1. The smallest absolute Gasteiger partial charge is 0.394 e. The largest absolute Gasteiger partial charge is 0.474 e. The Morgan fingerprint density at radius 2 is 1.54 bits per heavy atom. The van der Waals surface area contributed by atoms with Crippen LogP contribution in [0.3, 0.4) is 0 Å². The average Bonchev–Trinajstić information content (AvgIpc) is 2.54. The maximum atomic E-state index is 11.8. The van der Waals surface area contributed by atoms with Crippen molar-refractivity contribution in [2.45, 2.75) is 50.9 Å². The molecule has 0 spiro atoms. The maximum Gasteiger partial charge on any atom is 0.394 e. The molecule has 1 aromatic carbocycles. The van der Waals surface area contributed by atoms with Crippen molar-refractivity contribution in [3.63, 3.8) is 0 Å². The lowest BCUT2D eigenvalue weighted by atomic mass is 9.48. The molecule has 4 aliphatic rings. The molecule has 5 rings (SSSR count). The highest BCUT2D eigenvalue weighted by atomic mass is 16.4. The lowest BCUT2D eigenvalue weighted by Crippen LogP contribution is -2.48. The highest BCUT2D eigenvalue weighted by molar-refractivity contribution is 6.37. The molecule has 4 saturated carbocycles. The van der Waals surface area contributed by atoms with Crippen molar-refractivity contribution in [2.75, 3.05) is 11.4 Å². The zero-order valence-electron chi connectivity index (χ0n) is 14.2. The van der Waals surface area contributed by atoms with Crippen LogP contribution in [-0.2, 0) is 15.0 Å². The quantitative estimate of drug-likeness (QED) is 0.863. The summed E-state index contributed by atoms with van der Waals surface area (Å²) in [5, 5.41) is 8.96. The van der Waals surface area contributed by atoms with Crippen molar-refractivity contribution < 1.29 is 14.7 Å². The second-order valence-electron chi connectivity index (χ2n) is 8.10. The molecule has 128 valence electrons. The number of nitrogens with zero attached hydrogens (tertiary/aromatic N) is 1. The van der Waals surface area contributed by atoms with E-state index in [1.807, 2.05) is 12.1 Å². The number of rotatable bonds is 3. The minimum Gasteiger partial charge on any atom is -0.474 e. The minimum atomic E-state index is -1.40. The first kappa shape index (κ1) is 15.7. The normalized spacial score (nSPS) is 33.5. The van der Waals surface area contributed by atoms with Crippen LogP contribution in [0.4, 0.5) is 5.69 Å². The van der Waals surface area contributed by atoms with Crippen molar-refractivity contribution in [3.8, 4) is 0 Å². The predicted molar refractivity (Wildman–Crippen MR) is 92.0 cm³/mol. The van der Waals surface area contributed by atoms with Crippen molar-refractivity contribution in [1.82, 2.24) is 0 Å². The van der Waals surface area contributed by atoms with Crippen LogP contribution >= 0.6 is 0 Å². The van der Waals surface area contributed by atoms with E-state index in [-0.39, 0.29) is 0 Å². The van der Waals surface area contributed by atoms with Crippen LogP contribution < -0.4 is 4.90 Å². The van der Waals surface area contributed by atoms with Gasteiger partial charge in [-0.15, -0.1) is 0 Å². The molecule has 1 amide bonds. The Morgan fingerprint density at radius 3 is 1.96 bits per heavy atom. The van der Waals surface area contributed by atoms with Gasteiger partial charge in [-0.1, -0.05) is 12.1 Å². The summed E-state index contributed by atoms with van der Waals surface area (Å²) in [5.74, 6) is 0.437. The van der Waals surface area contributed by atoms with E-state index in [4.69, 9.17) is 5.11 Å². The molecule has 0 unspecified atom stereocenters. The van der Waals surface area contributed by atoms with Gasteiger partial charge in [0.05, 0.1) is 0 Å². The van der Waals surface area contributed by atoms with Crippen LogP contribution in [0.1, 0.15) is 51.0 Å². The number of hydrogen-bond acceptors (Lipinski definition) is 2. The first-order valence-corrected chi connectivity index (χ1v) is 9.16. The average molecular weight is 327 g/mol. The van der Waals surface area contributed by atoms with Crippen molar-refractivity contribution in [3.05, 3.63) is 29.8 Å². The third-order valence-electron chi connectivity index (χ3n) is 6.57. The Kier molecular flexibility index (Phi) is 3.66. The van der Waals surface area contributed by atoms with Crippen LogP contribution in [0.5, 0.6) is 0 Å². The van der Waals surface area contributed by atoms with E-state index in [9.17, 15) is 9.59 Å². The van der Waals surface area contributed by atoms with Gasteiger partial charge < -0.3 is 10.0 Å². The van der Waals surface area contributed by atoms with Gasteiger partial charge in [0.25, 0.3) is 0 Å². The third-order valence-corrected chi connectivity index (χ3v) is 6.57. The number of carbonyl (C=O) groups excluding carboxylic acids is 1. The molecule has 0 radical (unpaired) electrons. The summed E-state index contributed by atoms with van der Waals surface area (Å²) >= 11 is 0. The summed E-state index contributed by atoms with van der Waals surface area (Å²) in [6, 6.07) is 8.14. The second-order valence-corrected chi connectivity index (χ2v) is 8.10. The highest BCUT2D eigenvalue weighted by Crippen LogP contribution is 2.60. The van der Waals surface area contributed by atoms with E-state index >= 15 is 0 Å². The molecule has 0 saturated heterocycles. The van der Waals surface area contributed by atoms with Gasteiger partial charge in [-0.25, -0.2) is 4.79 Å². The zero-order valence-corrected chi connectivity index (χ0v) is 14.2. The van der Waals surface area contributed by atoms with E-state index < -0.39 is 11.9 Å². The fourth-order valence-corrected chi connectivity index (χ4v) is 6.02. The van der Waals surface area contributed by atoms with Gasteiger partial charge >= 0.3 is 11.9 Å². The fourth-order valence-electron chi connectivity index (χ4n) is 6.02. The van der Waals surface area contributed by atoms with Gasteiger partial charge in [0, 0.05) is 12.2 Å². The molecule has 4 aliphatic carbocycles. The molecular formula is C20H25NO3. The number of likely N-dealkylation sites (N-methyl/N-ethyl adjacent to an activating group) is 1. The lowest BCUT2D eigenvalue weighted by Gasteiger charge is -2.57. The second kappa shape index (κ2) is 5.61. The Hall–Kier alpha value is -1.84. The molecule has 0 aliphatic heterocycles. The Labute approximate surface area is 142 Å². The monoisotopic (exact) mass is 327 g/mol. The SMILES string of the molecule is CCN(C(=O)C(=O)O)c1ccc(C23CC4CC(CC(C4)C2)C3)cc1. The molecule has 4 bridgehead atoms. The number of carbonyl (C=O) groups is 2. The van der Waals surface area contributed by atoms with Gasteiger partial charge in [0.1, 0.15) is 0 Å². The van der Waals surface area contributed by atoms with Crippen LogP contribution in [0.25, 0.3) is 0 Å². The Bertz CT molecular complexity index is 629. The van der Waals surface area contributed by atoms with Gasteiger partial charge in [0.2, 0.25) is 0 Å². The van der Waals surface area contributed by atoms with E-state index in [2.05, 4.69) is 12.1 Å². The van der Waals surface area contributed by atoms with Crippen LogP contribution in [0.2, 0.25) is 0 Å². The van der Waals surface area contributed by atoms with Crippen molar-refractivity contribution in [1.29, 1.82) is 0 Å². The predicted octanol–water partition coefficient (Wildman–Crippen LogP) is 3.59. The summed E-state index contributed by atoms with van der Waals surface area (Å²) in [6.07, 6.45) is 8.20. The molecule has 1 aromatic rings. The maximum absolute atomic E-state index is 11.8. The number of carboxylic acid groups (broad SMARTS) is 1. The van der Waals surface area contributed by atoms with Gasteiger partial charge in [-0.2, -0.15) is 0 Å². The first-order valence-electron chi connectivity index (χ1n) is 9.16. The molecule has 4 nitrogen and oxygen atoms in total. The molecule has 0 aromatic heterocycles. The summed E-state index contributed by atoms with van der Waals surface area (Å²) < 4.78 is 0. The zero-order chi connectivity index (χ0) is 16.9. The fraction of sp³-hybridized carbons (Fsp3) is 0.600. The number of hydrogen-bond donors (Lipinski definition) is 1. The third kappa shape index (κ3) is 2.43. The molecule has 4 fully saturated rings. The van der Waals surface area contributed by atoms with Gasteiger partial charge in [-0.3, -0.25) is 4.79 Å². The highest BCUT2D eigenvalue weighted by Gasteiger charge is 2.51. The van der Waals surface area contributed by atoms with Crippen molar-refractivity contribution in [2.24, 2.45) is 17.8 Å². The van der Waals surface area contributed by atoms with E-state index in [0.717, 1.165) is 17.8 Å². The van der Waals surface area contributed by atoms with E-state index in [0.29, 0.717) is 17.6 Å². The Balaban J connectivity index is 1.60. The topological polar surface area (TPSA) is 57.6 Å². The first-order chi connectivity index (χ1) is 11.5.